The minimum absolute atomic E-state index is 0.393. The van der Waals surface area contributed by atoms with Crippen LogP contribution >= 0.6 is 0 Å². The van der Waals surface area contributed by atoms with Crippen molar-refractivity contribution in [3.8, 4) is 24.0 Å². The van der Waals surface area contributed by atoms with E-state index in [1.54, 1.807) is 31.2 Å². The molecule has 186 valence electrons. The quantitative estimate of drug-likeness (QED) is 0.350. The molecule has 3 rings (SSSR count). The first kappa shape index (κ1) is 26.5. The van der Waals surface area contributed by atoms with Crippen molar-refractivity contribution >= 4 is 5.90 Å². The van der Waals surface area contributed by atoms with Crippen LogP contribution in [-0.4, -0.2) is 24.9 Å². The van der Waals surface area contributed by atoms with E-state index in [1.807, 2.05) is 0 Å². The summed E-state index contributed by atoms with van der Waals surface area (Å²) in [5.74, 6) is -2.14. The lowest BCUT2D eigenvalue weighted by Gasteiger charge is -2.49. The van der Waals surface area contributed by atoms with Crippen molar-refractivity contribution in [3.63, 3.8) is 0 Å². The van der Waals surface area contributed by atoms with E-state index in [0.717, 1.165) is 19.3 Å². The number of para-hydroxylation sites is 1. The zero-order chi connectivity index (χ0) is 25.5. The van der Waals surface area contributed by atoms with Crippen LogP contribution in [0.2, 0.25) is 0 Å². The van der Waals surface area contributed by atoms with Crippen molar-refractivity contribution in [1.82, 2.24) is 0 Å². The van der Waals surface area contributed by atoms with E-state index in [9.17, 15) is 15.8 Å². The highest BCUT2D eigenvalue weighted by Gasteiger charge is 2.79. The SMILES string of the molecule is CCCCCCCCCCCC1OC2(C)OC(=N)C(C#N)(C2c2ccccc2OC)C1(C#N)C#N. The Balaban J connectivity index is 1.86. The minimum atomic E-state index is -1.89. The Hall–Kier alpha value is -3.08. The van der Waals surface area contributed by atoms with E-state index in [0.29, 0.717) is 17.7 Å². The molecule has 0 amide bonds. The maximum Gasteiger partial charge on any atom is 0.218 e. The summed E-state index contributed by atoms with van der Waals surface area (Å²) in [6, 6.07) is 13.6. The molecule has 0 aromatic heterocycles. The Morgan fingerprint density at radius 1 is 0.943 bits per heavy atom. The van der Waals surface area contributed by atoms with Gasteiger partial charge in [-0.05, 0) is 12.5 Å². The molecule has 0 radical (unpaired) electrons. The van der Waals surface area contributed by atoms with Gasteiger partial charge in [0.2, 0.25) is 11.7 Å². The summed E-state index contributed by atoms with van der Waals surface area (Å²) in [7, 11) is 1.52. The van der Waals surface area contributed by atoms with Gasteiger partial charge in [0.1, 0.15) is 5.75 Å². The fourth-order valence-electron chi connectivity index (χ4n) is 5.88. The molecule has 0 aliphatic carbocycles. The molecule has 7 heteroatoms. The molecule has 4 atom stereocenters. The van der Waals surface area contributed by atoms with E-state index < -0.39 is 34.5 Å². The molecule has 2 bridgehead atoms. The van der Waals surface area contributed by atoms with Crippen LogP contribution in [0.15, 0.2) is 24.3 Å². The summed E-state index contributed by atoms with van der Waals surface area (Å²) in [6.45, 7) is 3.91. The summed E-state index contributed by atoms with van der Waals surface area (Å²) in [6.07, 6.45) is 9.89. The first-order valence-corrected chi connectivity index (χ1v) is 12.7. The predicted octanol–water partition coefficient (Wildman–Crippen LogP) is 6.37. The lowest BCUT2D eigenvalue weighted by atomic mass is 9.52. The molecule has 0 saturated carbocycles. The smallest absolute Gasteiger partial charge is 0.218 e. The Bertz CT molecular complexity index is 1020. The van der Waals surface area contributed by atoms with Crippen LogP contribution in [0.1, 0.15) is 89.5 Å². The molecule has 4 unspecified atom stereocenters. The van der Waals surface area contributed by atoms with Gasteiger partial charge in [0, 0.05) is 12.5 Å². The largest absolute Gasteiger partial charge is 0.496 e. The fourth-order valence-corrected chi connectivity index (χ4v) is 5.88. The maximum absolute atomic E-state index is 10.5. The highest BCUT2D eigenvalue weighted by molar-refractivity contribution is 5.90. The Morgan fingerprint density at radius 2 is 1.54 bits per heavy atom. The zero-order valence-electron chi connectivity index (χ0n) is 21.1. The summed E-state index contributed by atoms with van der Waals surface area (Å²) in [5.41, 5.74) is -3.12. The number of nitrogens with zero attached hydrogens (tertiary/aromatic N) is 3. The van der Waals surface area contributed by atoms with Crippen molar-refractivity contribution in [3.05, 3.63) is 29.8 Å². The van der Waals surface area contributed by atoms with Crippen molar-refractivity contribution in [1.29, 1.82) is 21.2 Å². The van der Waals surface area contributed by atoms with E-state index in [1.165, 1.54) is 45.6 Å². The average molecular weight is 477 g/mol. The van der Waals surface area contributed by atoms with Gasteiger partial charge >= 0.3 is 0 Å². The molecule has 2 heterocycles. The molecular weight excluding hydrogens is 440 g/mol. The number of benzene rings is 1. The van der Waals surface area contributed by atoms with Gasteiger partial charge in [-0.1, -0.05) is 82.9 Å². The van der Waals surface area contributed by atoms with Gasteiger partial charge in [-0.15, -0.1) is 0 Å². The molecule has 7 nitrogen and oxygen atoms in total. The predicted molar refractivity (Wildman–Crippen MR) is 131 cm³/mol. The van der Waals surface area contributed by atoms with Gasteiger partial charge in [0.25, 0.3) is 0 Å². The van der Waals surface area contributed by atoms with Crippen LogP contribution in [0, 0.1) is 50.2 Å². The van der Waals surface area contributed by atoms with Gasteiger partial charge in [-0.3, -0.25) is 5.41 Å². The average Bonchev–Trinajstić information content (AvgIpc) is 3.05. The monoisotopic (exact) mass is 476 g/mol. The first-order chi connectivity index (χ1) is 16.9. The van der Waals surface area contributed by atoms with Crippen LogP contribution in [0.3, 0.4) is 0 Å². The highest BCUT2D eigenvalue weighted by atomic mass is 16.7. The van der Waals surface area contributed by atoms with E-state index >= 15 is 0 Å². The number of nitrogens with one attached hydrogen (secondary N) is 1. The van der Waals surface area contributed by atoms with Crippen LogP contribution in [0.5, 0.6) is 5.75 Å². The second-order valence-electron chi connectivity index (χ2n) is 9.80. The summed E-state index contributed by atoms with van der Waals surface area (Å²) < 4.78 is 17.8. The van der Waals surface area contributed by atoms with Crippen molar-refractivity contribution in [2.24, 2.45) is 10.8 Å². The second kappa shape index (κ2) is 11.1. The molecular formula is C28H36N4O3. The summed E-state index contributed by atoms with van der Waals surface area (Å²) >= 11 is 0. The van der Waals surface area contributed by atoms with Crippen molar-refractivity contribution in [2.75, 3.05) is 7.11 Å². The van der Waals surface area contributed by atoms with Crippen LogP contribution in [0.25, 0.3) is 0 Å². The van der Waals surface area contributed by atoms with Gasteiger partial charge in [-0.25, -0.2) is 0 Å². The van der Waals surface area contributed by atoms with E-state index in [2.05, 4.69) is 25.1 Å². The van der Waals surface area contributed by atoms with E-state index in [4.69, 9.17) is 19.6 Å². The molecule has 2 aliphatic heterocycles. The van der Waals surface area contributed by atoms with Gasteiger partial charge in [-0.2, -0.15) is 15.8 Å². The van der Waals surface area contributed by atoms with Gasteiger partial charge in [0.05, 0.1) is 37.3 Å². The second-order valence-corrected chi connectivity index (χ2v) is 9.80. The number of fused-ring (bicyclic) bond motifs is 2. The molecule has 2 aliphatic rings. The maximum atomic E-state index is 10.5. The number of nitriles is 3. The summed E-state index contributed by atoms with van der Waals surface area (Å²) in [4.78, 5) is 0. The normalized spacial score (nSPS) is 28.4. The molecule has 35 heavy (non-hydrogen) atoms. The number of hydrogen-bond acceptors (Lipinski definition) is 7. The highest BCUT2D eigenvalue weighted by Crippen LogP contribution is 2.67. The number of rotatable bonds is 12. The molecule has 0 spiro atoms. The van der Waals surface area contributed by atoms with Crippen LogP contribution in [-0.2, 0) is 9.47 Å². The number of ether oxygens (including phenoxy) is 3. The van der Waals surface area contributed by atoms with Crippen LogP contribution in [0.4, 0.5) is 0 Å². The lowest BCUT2D eigenvalue weighted by molar-refractivity contribution is -0.252. The third kappa shape index (κ3) is 4.37. The molecule has 1 aromatic rings. The number of hydrogen-bond donors (Lipinski definition) is 1. The Kier molecular flexibility index (Phi) is 8.42. The topological polar surface area (TPSA) is 123 Å². The van der Waals surface area contributed by atoms with Crippen LogP contribution < -0.4 is 4.74 Å². The molecule has 1 N–H and O–H groups in total. The lowest BCUT2D eigenvalue weighted by Crippen LogP contribution is -2.60. The standard InChI is InChI=1S/C28H36N4O3/c1-4-5-6-7-8-9-10-11-12-17-23-27(18-29,19-30)28(20-31)24(26(2,34-23)35-25(28)32)21-15-13-14-16-22(21)33-3/h13-16,23-24,32H,4-12,17H2,1-3H3. The Morgan fingerprint density at radius 3 is 2.11 bits per heavy atom. The van der Waals surface area contributed by atoms with E-state index in [-0.39, 0.29) is 0 Å². The summed E-state index contributed by atoms with van der Waals surface area (Å²) in [5, 5.41) is 40.0. The molecule has 2 saturated heterocycles. The van der Waals surface area contributed by atoms with Crippen molar-refractivity contribution in [2.45, 2.75) is 95.9 Å². The third-order valence-corrected chi connectivity index (χ3v) is 7.65. The third-order valence-electron chi connectivity index (χ3n) is 7.65. The first-order valence-electron chi connectivity index (χ1n) is 12.7. The molecule has 1 aromatic carbocycles. The van der Waals surface area contributed by atoms with Gasteiger partial charge in [0.15, 0.2) is 10.8 Å². The minimum Gasteiger partial charge on any atom is -0.496 e. The number of unbranched alkanes of at least 4 members (excludes halogenated alkanes) is 8. The fraction of sp³-hybridized carbons (Fsp3) is 0.643. The molecule has 2 fully saturated rings. The van der Waals surface area contributed by atoms with Gasteiger partial charge < -0.3 is 14.2 Å². The van der Waals surface area contributed by atoms with Crippen molar-refractivity contribution < 1.29 is 14.2 Å². The Labute approximate surface area is 209 Å². The zero-order valence-corrected chi connectivity index (χ0v) is 21.1. The number of methoxy groups -OCH3 is 1.